The number of rotatable bonds is 4. The standard InChI is InChI=1S/C13H13FN2S/c14-11-5-3-4-10(8-11)12(15)9-17-13-6-1-2-7-16-13/h1-8,12H,9,15H2. The first-order valence-corrected chi connectivity index (χ1v) is 6.29. The molecule has 4 heteroatoms. The topological polar surface area (TPSA) is 38.9 Å². The lowest BCUT2D eigenvalue weighted by Crippen LogP contribution is -2.13. The normalized spacial score (nSPS) is 12.4. The predicted molar refractivity (Wildman–Crippen MR) is 68.3 cm³/mol. The Kier molecular flexibility index (Phi) is 4.12. The molecule has 0 aliphatic rings. The zero-order valence-electron chi connectivity index (χ0n) is 9.21. The lowest BCUT2D eigenvalue weighted by molar-refractivity contribution is 0.622. The molecular formula is C13H13FN2S. The number of benzene rings is 1. The molecule has 0 radical (unpaired) electrons. The van der Waals surface area contributed by atoms with Crippen molar-refractivity contribution in [3.8, 4) is 0 Å². The molecule has 1 aromatic heterocycles. The molecule has 2 aromatic rings. The third-order valence-electron chi connectivity index (χ3n) is 2.33. The average Bonchev–Trinajstić information content (AvgIpc) is 2.37. The Bertz CT molecular complexity index is 476. The van der Waals surface area contributed by atoms with Crippen LogP contribution < -0.4 is 5.73 Å². The van der Waals surface area contributed by atoms with E-state index in [2.05, 4.69) is 4.98 Å². The number of hydrogen-bond donors (Lipinski definition) is 1. The maximum absolute atomic E-state index is 13.0. The van der Waals surface area contributed by atoms with Gasteiger partial charge in [-0.2, -0.15) is 0 Å². The van der Waals surface area contributed by atoms with Gasteiger partial charge in [0.2, 0.25) is 0 Å². The van der Waals surface area contributed by atoms with Crippen molar-refractivity contribution in [1.82, 2.24) is 4.98 Å². The summed E-state index contributed by atoms with van der Waals surface area (Å²) < 4.78 is 13.0. The van der Waals surface area contributed by atoms with Crippen molar-refractivity contribution in [3.63, 3.8) is 0 Å². The summed E-state index contributed by atoms with van der Waals surface area (Å²) >= 11 is 1.57. The molecule has 0 saturated carbocycles. The molecule has 0 aliphatic heterocycles. The van der Waals surface area contributed by atoms with Gasteiger partial charge in [-0.3, -0.25) is 0 Å². The highest BCUT2D eigenvalue weighted by atomic mass is 32.2. The summed E-state index contributed by atoms with van der Waals surface area (Å²) in [6, 6.07) is 12.0. The number of hydrogen-bond acceptors (Lipinski definition) is 3. The van der Waals surface area contributed by atoms with E-state index in [4.69, 9.17) is 5.73 Å². The van der Waals surface area contributed by atoms with Crippen molar-refractivity contribution in [2.45, 2.75) is 11.1 Å². The highest BCUT2D eigenvalue weighted by Gasteiger charge is 2.07. The van der Waals surface area contributed by atoms with E-state index in [0.717, 1.165) is 10.6 Å². The Morgan fingerprint density at radius 3 is 2.82 bits per heavy atom. The van der Waals surface area contributed by atoms with E-state index in [1.165, 1.54) is 12.1 Å². The Labute approximate surface area is 104 Å². The second-order valence-electron chi connectivity index (χ2n) is 3.64. The number of thioether (sulfide) groups is 1. The molecule has 1 unspecified atom stereocenters. The molecular weight excluding hydrogens is 235 g/mol. The van der Waals surface area contributed by atoms with Crippen LogP contribution in [0.3, 0.4) is 0 Å². The van der Waals surface area contributed by atoms with Crippen molar-refractivity contribution in [3.05, 3.63) is 60.0 Å². The minimum Gasteiger partial charge on any atom is -0.323 e. The fourth-order valence-electron chi connectivity index (χ4n) is 1.44. The number of pyridine rings is 1. The highest BCUT2D eigenvalue weighted by Crippen LogP contribution is 2.21. The van der Waals surface area contributed by atoms with Crippen LogP contribution in [0.1, 0.15) is 11.6 Å². The fourth-order valence-corrected chi connectivity index (χ4v) is 2.29. The summed E-state index contributed by atoms with van der Waals surface area (Å²) in [6.07, 6.45) is 1.75. The van der Waals surface area contributed by atoms with E-state index >= 15 is 0 Å². The predicted octanol–water partition coefficient (Wildman–Crippen LogP) is 3.01. The highest BCUT2D eigenvalue weighted by molar-refractivity contribution is 7.99. The van der Waals surface area contributed by atoms with Crippen molar-refractivity contribution >= 4 is 11.8 Å². The molecule has 1 atom stereocenters. The first-order chi connectivity index (χ1) is 8.25. The SMILES string of the molecule is NC(CSc1ccccn1)c1cccc(F)c1. The Morgan fingerprint density at radius 2 is 2.12 bits per heavy atom. The largest absolute Gasteiger partial charge is 0.323 e. The summed E-state index contributed by atoms with van der Waals surface area (Å²) in [6.45, 7) is 0. The lowest BCUT2D eigenvalue weighted by atomic mass is 10.1. The Balaban J connectivity index is 1.96. The molecule has 88 valence electrons. The van der Waals surface area contributed by atoms with Gasteiger partial charge >= 0.3 is 0 Å². The van der Waals surface area contributed by atoms with E-state index < -0.39 is 0 Å². The number of halogens is 1. The number of aromatic nitrogens is 1. The summed E-state index contributed by atoms with van der Waals surface area (Å²) in [5, 5.41) is 0.930. The van der Waals surface area contributed by atoms with E-state index in [9.17, 15) is 4.39 Å². The van der Waals surface area contributed by atoms with Gasteiger partial charge in [0.1, 0.15) is 5.82 Å². The van der Waals surface area contributed by atoms with Gasteiger partial charge in [0.25, 0.3) is 0 Å². The van der Waals surface area contributed by atoms with E-state index in [1.54, 1.807) is 24.0 Å². The van der Waals surface area contributed by atoms with Crippen LogP contribution in [0.2, 0.25) is 0 Å². The second kappa shape index (κ2) is 5.80. The van der Waals surface area contributed by atoms with E-state index in [0.29, 0.717) is 5.75 Å². The monoisotopic (exact) mass is 248 g/mol. The Morgan fingerprint density at radius 1 is 1.24 bits per heavy atom. The zero-order valence-corrected chi connectivity index (χ0v) is 10.0. The molecule has 2 nitrogen and oxygen atoms in total. The summed E-state index contributed by atoms with van der Waals surface area (Å²) in [5.41, 5.74) is 6.81. The van der Waals surface area contributed by atoms with E-state index in [-0.39, 0.29) is 11.9 Å². The Hall–Kier alpha value is -1.39. The molecule has 1 aromatic carbocycles. The van der Waals surface area contributed by atoms with Crippen LogP contribution >= 0.6 is 11.8 Å². The van der Waals surface area contributed by atoms with Crippen molar-refractivity contribution in [2.24, 2.45) is 5.73 Å². The minimum atomic E-state index is -0.249. The van der Waals surface area contributed by atoms with Crippen LogP contribution in [-0.4, -0.2) is 10.7 Å². The van der Waals surface area contributed by atoms with Gasteiger partial charge in [0.05, 0.1) is 5.03 Å². The third-order valence-corrected chi connectivity index (χ3v) is 3.39. The molecule has 17 heavy (non-hydrogen) atoms. The minimum absolute atomic E-state index is 0.183. The molecule has 1 heterocycles. The summed E-state index contributed by atoms with van der Waals surface area (Å²) in [5.74, 6) is 0.432. The molecule has 0 spiro atoms. The fraction of sp³-hybridized carbons (Fsp3) is 0.154. The first-order valence-electron chi connectivity index (χ1n) is 5.30. The van der Waals surface area contributed by atoms with Crippen molar-refractivity contribution in [1.29, 1.82) is 0 Å². The van der Waals surface area contributed by atoms with Crippen LogP contribution in [0.25, 0.3) is 0 Å². The van der Waals surface area contributed by atoms with Gasteiger partial charge in [-0.05, 0) is 29.8 Å². The molecule has 2 rings (SSSR count). The molecule has 0 fully saturated rings. The quantitative estimate of drug-likeness (QED) is 0.845. The maximum Gasteiger partial charge on any atom is 0.123 e. The molecule has 0 amide bonds. The van der Waals surface area contributed by atoms with Crippen LogP contribution in [0, 0.1) is 5.82 Å². The summed E-state index contributed by atoms with van der Waals surface area (Å²) in [7, 11) is 0. The zero-order chi connectivity index (χ0) is 12.1. The van der Waals surface area contributed by atoms with Gasteiger partial charge in [-0.15, -0.1) is 11.8 Å². The van der Waals surface area contributed by atoms with Gasteiger partial charge < -0.3 is 5.73 Å². The van der Waals surface area contributed by atoms with E-state index in [1.807, 2.05) is 24.3 Å². The van der Waals surface area contributed by atoms with Crippen molar-refractivity contribution < 1.29 is 4.39 Å². The smallest absolute Gasteiger partial charge is 0.123 e. The van der Waals surface area contributed by atoms with Crippen LogP contribution in [-0.2, 0) is 0 Å². The lowest BCUT2D eigenvalue weighted by Gasteiger charge is -2.11. The van der Waals surface area contributed by atoms with Crippen molar-refractivity contribution in [2.75, 3.05) is 5.75 Å². The molecule has 2 N–H and O–H groups in total. The molecule has 0 saturated heterocycles. The third kappa shape index (κ3) is 3.54. The van der Waals surface area contributed by atoms with Crippen LogP contribution in [0.4, 0.5) is 4.39 Å². The van der Waals surface area contributed by atoms with Crippen LogP contribution in [0.15, 0.2) is 53.7 Å². The number of nitrogens with two attached hydrogens (primary N) is 1. The summed E-state index contributed by atoms with van der Waals surface area (Å²) in [4.78, 5) is 4.20. The van der Waals surface area contributed by atoms with Gasteiger partial charge in [0, 0.05) is 18.0 Å². The van der Waals surface area contributed by atoms with Gasteiger partial charge in [-0.1, -0.05) is 18.2 Å². The first kappa shape index (κ1) is 12.1. The maximum atomic E-state index is 13.0. The molecule has 0 bridgehead atoms. The van der Waals surface area contributed by atoms with Gasteiger partial charge in [-0.25, -0.2) is 9.37 Å². The number of nitrogens with zero attached hydrogens (tertiary/aromatic N) is 1. The van der Waals surface area contributed by atoms with Crippen LogP contribution in [0.5, 0.6) is 0 Å². The second-order valence-corrected chi connectivity index (χ2v) is 4.68. The average molecular weight is 248 g/mol. The van der Waals surface area contributed by atoms with Gasteiger partial charge in [0.15, 0.2) is 0 Å². The molecule has 0 aliphatic carbocycles.